The van der Waals surface area contributed by atoms with Gasteiger partial charge in [0.05, 0.1) is 18.0 Å². The van der Waals surface area contributed by atoms with E-state index < -0.39 is 15.3 Å². The summed E-state index contributed by atoms with van der Waals surface area (Å²) in [5.74, 6) is 0.564. The standard InChI is InChI=1S/C11H16N2O3S/c1-16-11-5-3-2-4-10(11)13-7-6-9(8-12)17(13,14)15/h2-5,9H,6-8,12H2,1H3. The molecule has 2 rings (SSSR count). The number of nitrogens with zero attached hydrogens (tertiary/aromatic N) is 1. The molecule has 17 heavy (non-hydrogen) atoms. The van der Waals surface area contributed by atoms with Crippen LogP contribution in [0.25, 0.3) is 0 Å². The zero-order valence-electron chi connectivity index (χ0n) is 9.67. The van der Waals surface area contributed by atoms with Crippen molar-refractivity contribution in [2.24, 2.45) is 5.73 Å². The molecule has 0 amide bonds. The summed E-state index contributed by atoms with van der Waals surface area (Å²) in [6, 6.07) is 7.10. The number of benzene rings is 1. The molecule has 2 N–H and O–H groups in total. The molecule has 1 aliphatic rings. The van der Waals surface area contributed by atoms with Crippen molar-refractivity contribution < 1.29 is 13.2 Å². The molecule has 1 aromatic rings. The molecule has 1 atom stereocenters. The van der Waals surface area contributed by atoms with Gasteiger partial charge in [-0.25, -0.2) is 8.42 Å². The SMILES string of the molecule is COc1ccccc1N1CCC(CN)S1(=O)=O. The van der Waals surface area contributed by atoms with Crippen LogP contribution in [0.3, 0.4) is 0 Å². The lowest BCUT2D eigenvalue weighted by Gasteiger charge is -2.20. The van der Waals surface area contributed by atoms with Crippen LogP contribution in [0.5, 0.6) is 5.75 Å². The third-order valence-corrected chi connectivity index (χ3v) is 5.26. The minimum Gasteiger partial charge on any atom is -0.495 e. The van der Waals surface area contributed by atoms with Gasteiger partial charge in [-0.05, 0) is 18.6 Å². The summed E-state index contributed by atoms with van der Waals surface area (Å²) < 4.78 is 30.9. The quantitative estimate of drug-likeness (QED) is 0.857. The zero-order valence-corrected chi connectivity index (χ0v) is 10.5. The summed E-state index contributed by atoms with van der Waals surface area (Å²) >= 11 is 0. The van der Waals surface area contributed by atoms with Crippen molar-refractivity contribution in [1.82, 2.24) is 0 Å². The molecule has 0 aromatic heterocycles. The summed E-state index contributed by atoms with van der Waals surface area (Å²) in [4.78, 5) is 0. The second-order valence-corrected chi connectivity index (χ2v) is 6.07. The zero-order chi connectivity index (χ0) is 12.5. The van der Waals surface area contributed by atoms with E-state index in [1.807, 2.05) is 6.07 Å². The first-order valence-corrected chi connectivity index (χ1v) is 6.96. The average molecular weight is 256 g/mol. The number of hydrogen-bond acceptors (Lipinski definition) is 4. The molecular formula is C11H16N2O3S. The van der Waals surface area contributed by atoms with Crippen molar-refractivity contribution in [2.75, 3.05) is 24.5 Å². The summed E-state index contributed by atoms with van der Waals surface area (Å²) in [6.45, 7) is 0.624. The second-order valence-electron chi connectivity index (χ2n) is 3.94. The highest BCUT2D eigenvalue weighted by Gasteiger charge is 2.38. The predicted octanol–water partition coefficient (Wildman–Crippen LogP) is 0.562. The van der Waals surface area contributed by atoms with Gasteiger partial charge in [-0.3, -0.25) is 4.31 Å². The molecule has 5 nitrogen and oxygen atoms in total. The molecule has 1 fully saturated rings. The summed E-state index contributed by atoms with van der Waals surface area (Å²) in [6.07, 6.45) is 0.566. The minimum atomic E-state index is -3.34. The third-order valence-electron chi connectivity index (χ3n) is 3.00. The van der Waals surface area contributed by atoms with Gasteiger partial charge < -0.3 is 10.5 Å². The van der Waals surface area contributed by atoms with Crippen LogP contribution >= 0.6 is 0 Å². The molecule has 0 bridgehead atoms. The lowest BCUT2D eigenvalue weighted by Crippen LogP contribution is -2.33. The van der Waals surface area contributed by atoms with E-state index in [1.165, 1.54) is 11.4 Å². The van der Waals surface area contributed by atoms with E-state index in [2.05, 4.69) is 0 Å². The van der Waals surface area contributed by atoms with Crippen LogP contribution in [0.2, 0.25) is 0 Å². The van der Waals surface area contributed by atoms with E-state index in [4.69, 9.17) is 10.5 Å². The molecule has 0 aliphatic carbocycles. The molecule has 6 heteroatoms. The molecule has 1 saturated heterocycles. The molecule has 94 valence electrons. The number of nitrogens with two attached hydrogens (primary N) is 1. The fraction of sp³-hybridized carbons (Fsp3) is 0.455. The number of methoxy groups -OCH3 is 1. The van der Waals surface area contributed by atoms with Crippen molar-refractivity contribution in [1.29, 1.82) is 0 Å². The van der Waals surface area contributed by atoms with Crippen molar-refractivity contribution in [3.63, 3.8) is 0 Å². The smallest absolute Gasteiger partial charge is 0.239 e. The normalized spacial score (nSPS) is 22.7. The summed E-state index contributed by atoms with van der Waals surface area (Å²) in [5, 5.41) is -0.479. The van der Waals surface area contributed by atoms with Crippen LogP contribution in [0, 0.1) is 0 Å². The molecule has 0 spiro atoms. The Bertz CT molecular complexity index is 501. The maximum Gasteiger partial charge on any atom is 0.239 e. The first kappa shape index (κ1) is 12.2. The van der Waals surface area contributed by atoms with Crippen LogP contribution in [-0.2, 0) is 10.0 Å². The number of sulfonamides is 1. The van der Waals surface area contributed by atoms with Crippen molar-refractivity contribution in [2.45, 2.75) is 11.7 Å². The number of anilines is 1. The van der Waals surface area contributed by atoms with Gasteiger partial charge in [0.25, 0.3) is 0 Å². The summed E-state index contributed by atoms with van der Waals surface area (Å²) in [7, 11) is -1.81. The molecule has 0 radical (unpaired) electrons. The molecule has 1 aromatic carbocycles. The van der Waals surface area contributed by atoms with E-state index in [0.717, 1.165) is 0 Å². The average Bonchev–Trinajstić information content (AvgIpc) is 2.63. The van der Waals surface area contributed by atoms with Crippen LogP contribution in [0.4, 0.5) is 5.69 Å². The van der Waals surface area contributed by atoms with Gasteiger partial charge in [0.15, 0.2) is 0 Å². The molecule has 1 heterocycles. The molecule has 1 aliphatic heterocycles. The lowest BCUT2D eigenvalue weighted by molar-refractivity contribution is 0.415. The van der Waals surface area contributed by atoms with Gasteiger partial charge in [0.1, 0.15) is 5.75 Å². The number of ether oxygens (including phenoxy) is 1. The van der Waals surface area contributed by atoms with Gasteiger partial charge in [-0.1, -0.05) is 12.1 Å². The van der Waals surface area contributed by atoms with E-state index >= 15 is 0 Å². The van der Waals surface area contributed by atoms with Crippen LogP contribution < -0.4 is 14.8 Å². The highest BCUT2D eigenvalue weighted by Crippen LogP contribution is 2.34. The van der Waals surface area contributed by atoms with Gasteiger partial charge >= 0.3 is 0 Å². The maximum absolute atomic E-state index is 12.2. The van der Waals surface area contributed by atoms with Crippen LogP contribution in [-0.4, -0.2) is 33.9 Å². The van der Waals surface area contributed by atoms with E-state index in [9.17, 15) is 8.42 Å². The van der Waals surface area contributed by atoms with Crippen molar-refractivity contribution in [3.05, 3.63) is 24.3 Å². The first-order chi connectivity index (χ1) is 8.11. The summed E-state index contributed by atoms with van der Waals surface area (Å²) in [5.41, 5.74) is 6.07. The molecular weight excluding hydrogens is 240 g/mol. The Hall–Kier alpha value is -1.27. The van der Waals surface area contributed by atoms with Gasteiger partial charge in [-0.2, -0.15) is 0 Å². The fourth-order valence-corrected chi connectivity index (χ4v) is 3.84. The number of para-hydroxylation sites is 2. The monoisotopic (exact) mass is 256 g/mol. The highest BCUT2D eigenvalue weighted by molar-refractivity contribution is 7.93. The Morgan fingerprint density at radius 3 is 2.76 bits per heavy atom. The first-order valence-electron chi connectivity index (χ1n) is 5.46. The van der Waals surface area contributed by atoms with Crippen molar-refractivity contribution in [3.8, 4) is 5.75 Å². The molecule has 1 unspecified atom stereocenters. The van der Waals surface area contributed by atoms with Gasteiger partial charge in [-0.15, -0.1) is 0 Å². The van der Waals surface area contributed by atoms with Crippen molar-refractivity contribution >= 4 is 15.7 Å². The Labute approximate surface area is 101 Å². The molecule has 0 saturated carbocycles. The Morgan fingerprint density at radius 1 is 1.47 bits per heavy atom. The fourth-order valence-electron chi connectivity index (χ4n) is 2.05. The van der Waals surface area contributed by atoms with Gasteiger partial charge in [0, 0.05) is 13.1 Å². The number of rotatable bonds is 3. The van der Waals surface area contributed by atoms with E-state index in [-0.39, 0.29) is 6.54 Å². The topological polar surface area (TPSA) is 72.6 Å². The Balaban J connectivity index is 2.42. The lowest BCUT2D eigenvalue weighted by atomic mass is 10.2. The van der Waals surface area contributed by atoms with Crippen LogP contribution in [0.15, 0.2) is 24.3 Å². The minimum absolute atomic E-state index is 0.161. The van der Waals surface area contributed by atoms with Gasteiger partial charge in [0.2, 0.25) is 10.0 Å². The Morgan fingerprint density at radius 2 is 2.18 bits per heavy atom. The second kappa shape index (κ2) is 4.54. The predicted molar refractivity (Wildman–Crippen MR) is 66.7 cm³/mol. The Kier molecular flexibility index (Phi) is 3.26. The van der Waals surface area contributed by atoms with Crippen LogP contribution in [0.1, 0.15) is 6.42 Å². The number of hydrogen-bond donors (Lipinski definition) is 1. The highest BCUT2D eigenvalue weighted by atomic mass is 32.2. The third kappa shape index (κ3) is 1.98. The van der Waals surface area contributed by atoms with E-state index in [0.29, 0.717) is 24.4 Å². The largest absolute Gasteiger partial charge is 0.495 e. The maximum atomic E-state index is 12.2. The van der Waals surface area contributed by atoms with E-state index in [1.54, 1.807) is 18.2 Å².